The van der Waals surface area contributed by atoms with E-state index in [0.29, 0.717) is 0 Å². The molecule has 1 saturated heterocycles. The van der Waals surface area contributed by atoms with Crippen LogP contribution in [0.15, 0.2) is 54.6 Å². The molecular weight excluding hydrogens is 294 g/mol. The van der Waals surface area contributed by atoms with Gasteiger partial charge in [0.1, 0.15) is 0 Å². The average Bonchev–Trinajstić information content (AvgIpc) is 2.54. The van der Waals surface area contributed by atoms with Crippen LogP contribution in [0.25, 0.3) is 0 Å². The number of likely N-dealkylation sites (tertiary alicyclic amines) is 1. The largest absolute Gasteiger partial charge is 0.393 e. The molecular formula is C19H22ClNO. The second-order valence-electron chi connectivity index (χ2n) is 6.13. The van der Waals surface area contributed by atoms with Crippen LogP contribution in [0, 0.1) is 5.92 Å². The van der Waals surface area contributed by atoms with E-state index in [2.05, 4.69) is 35.2 Å². The maximum atomic E-state index is 10.3. The van der Waals surface area contributed by atoms with Gasteiger partial charge < -0.3 is 5.11 Å². The molecule has 1 aliphatic rings. The first kappa shape index (κ1) is 15.5. The number of hydrogen-bond donors (Lipinski definition) is 1. The standard InChI is InChI=1S/C19H22ClNO/c20-18-9-5-4-8-16(18)12-17-14-21(11-10-19(17)22)13-15-6-2-1-3-7-15/h1-9,17,19,22H,10-14H2. The SMILES string of the molecule is OC1CCN(Cc2ccccc2)CC1Cc1ccccc1Cl. The van der Waals surface area contributed by atoms with Crippen molar-refractivity contribution in [2.24, 2.45) is 5.92 Å². The fraction of sp³-hybridized carbons (Fsp3) is 0.368. The number of aliphatic hydroxyl groups is 1. The van der Waals surface area contributed by atoms with Crippen LogP contribution in [0.1, 0.15) is 17.5 Å². The normalized spacial score (nSPS) is 22.6. The van der Waals surface area contributed by atoms with Crippen LogP contribution in [0.3, 0.4) is 0 Å². The van der Waals surface area contributed by atoms with E-state index in [1.807, 2.05) is 24.3 Å². The highest BCUT2D eigenvalue weighted by molar-refractivity contribution is 6.31. The van der Waals surface area contributed by atoms with Crippen LogP contribution in [0.5, 0.6) is 0 Å². The topological polar surface area (TPSA) is 23.5 Å². The molecule has 0 spiro atoms. The molecule has 2 nitrogen and oxygen atoms in total. The van der Waals surface area contributed by atoms with Crippen LogP contribution in [-0.4, -0.2) is 29.2 Å². The zero-order valence-corrected chi connectivity index (χ0v) is 13.4. The molecule has 2 aromatic rings. The van der Waals surface area contributed by atoms with E-state index in [1.165, 1.54) is 5.56 Å². The molecule has 0 radical (unpaired) electrons. The zero-order valence-electron chi connectivity index (χ0n) is 12.7. The lowest BCUT2D eigenvalue weighted by atomic mass is 9.88. The Morgan fingerprint density at radius 3 is 2.55 bits per heavy atom. The maximum absolute atomic E-state index is 10.3. The zero-order chi connectivity index (χ0) is 15.4. The molecule has 0 saturated carbocycles. The number of nitrogens with zero attached hydrogens (tertiary/aromatic N) is 1. The van der Waals surface area contributed by atoms with Gasteiger partial charge in [-0.05, 0) is 30.0 Å². The highest BCUT2D eigenvalue weighted by Gasteiger charge is 2.28. The Hall–Kier alpha value is -1.35. The number of aliphatic hydroxyl groups excluding tert-OH is 1. The highest BCUT2D eigenvalue weighted by Crippen LogP contribution is 2.26. The second kappa shape index (κ2) is 7.28. The fourth-order valence-electron chi connectivity index (χ4n) is 3.23. The molecule has 116 valence electrons. The van der Waals surface area contributed by atoms with Gasteiger partial charge in [0, 0.05) is 30.6 Å². The molecule has 3 rings (SSSR count). The Bertz CT molecular complexity index is 601. The number of halogens is 1. The lowest BCUT2D eigenvalue weighted by Gasteiger charge is -2.36. The van der Waals surface area contributed by atoms with Gasteiger partial charge in [0.15, 0.2) is 0 Å². The van der Waals surface area contributed by atoms with Crippen LogP contribution >= 0.6 is 11.6 Å². The van der Waals surface area contributed by atoms with Crippen LogP contribution in [0.2, 0.25) is 5.02 Å². The van der Waals surface area contributed by atoms with Crippen LogP contribution in [0.4, 0.5) is 0 Å². The summed E-state index contributed by atoms with van der Waals surface area (Å²) in [4.78, 5) is 2.43. The molecule has 1 aliphatic heterocycles. The fourth-order valence-corrected chi connectivity index (χ4v) is 3.44. The molecule has 0 amide bonds. The maximum Gasteiger partial charge on any atom is 0.0596 e. The molecule has 22 heavy (non-hydrogen) atoms. The van der Waals surface area contributed by atoms with Gasteiger partial charge in [0.2, 0.25) is 0 Å². The molecule has 3 heteroatoms. The third kappa shape index (κ3) is 3.89. The van der Waals surface area contributed by atoms with Crippen molar-refractivity contribution in [2.45, 2.75) is 25.5 Å². The Labute approximate surface area is 137 Å². The Balaban J connectivity index is 1.65. The van der Waals surface area contributed by atoms with Gasteiger partial charge in [-0.3, -0.25) is 4.90 Å². The molecule has 1 heterocycles. The smallest absolute Gasteiger partial charge is 0.0596 e. The van der Waals surface area contributed by atoms with Crippen LogP contribution in [-0.2, 0) is 13.0 Å². The van der Waals surface area contributed by atoms with E-state index in [4.69, 9.17) is 11.6 Å². The van der Waals surface area contributed by atoms with Crippen molar-refractivity contribution >= 4 is 11.6 Å². The first-order chi connectivity index (χ1) is 10.7. The van der Waals surface area contributed by atoms with Gasteiger partial charge in [-0.25, -0.2) is 0 Å². The van der Waals surface area contributed by atoms with Gasteiger partial charge in [-0.1, -0.05) is 60.1 Å². The summed E-state index contributed by atoms with van der Waals surface area (Å²) < 4.78 is 0. The predicted octanol–water partition coefficient (Wildman–Crippen LogP) is 3.77. The summed E-state index contributed by atoms with van der Waals surface area (Å²) >= 11 is 6.26. The first-order valence-corrected chi connectivity index (χ1v) is 8.28. The highest BCUT2D eigenvalue weighted by atomic mass is 35.5. The summed E-state index contributed by atoms with van der Waals surface area (Å²) in [5, 5.41) is 11.1. The minimum atomic E-state index is -0.233. The van der Waals surface area contributed by atoms with Crippen LogP contribution < -0.4 is 0 Å². The van der Waals surface area contributed by atoms with Crippen molar-refractivity contribution in [3.8, 4) is 0 Å². The van der Waals surface area contributed by atoms with E-state index in [1.54, 1.807) is 0 Å². The third-order valence-corrected chi connectivity index (χ3v) is 4.84. The van der Waals surface area contributed by atoms with E-state index in [0.717, 1.165) is 43.1 Å². The van der Waals surface area contributed by atoms with Crippen molar-refractivity contribution in [3.63, 3.8) is 0 Å². The number of benzene rings is 2. The lowest BCUT2D eigenvalue weighted by Crippen LogP contribution is -2.43. The van der Waals surface area contributed by atoms with Gasteiger partial charge in [-0.2, -0.15) is 0 Å². The summed E-state index contributed by atoms with van der Waals surface area (Å²) in [6.07, 6.45) is 1.44. The lowest BCUT2D eigenvalue weighted by molar-refractivity contribution is 0.0239. The second-order valence-corrected chi connectivity index (χ2v) is 6.54. The predicted molar refractivity (Wildman–Crippen MR) is 91.0 cm³/mol. The summed E-state index contributed by atoms with van der Waals surface area (Å²) in [5.74, 6) is 0.248. The van der Waals surface area contributed by atoms with Gasteiger partial charge in [0.25, 0.3) is 0 Å². The number of hydrogen-bond acceptors (Lipinski definition) is 2. The van der Waals surface area contributed by atoms with Gasteiger partial charge >= 0.3 is 0 Å². The molecule has 0 bridgehead atoms. The first-order valence-electron chi connectivity index (χ1n) is 7.90. The quantitative estimate of drug-likeness (QED) is 0.928. The molecule has 1 fully saturated rings. The number of piperidine rings is 1. The van der Waals surface area contributed by atoms with E-state index in [-0.39, 0.29) is 12.0 Å². The summed E-state index contributed by atoms with van der Waals surface area (Å²) in [5.41, 5.74) is 2.46. The third-order valence-electron chi connectivity index (χ3n) is 4.47. The minimum absolute atomic E-state index is 0.233. The van der Waals surface area contributed by atoms with Crippen molar-refractivity contribution in [3.05, 3.63) is 70.7 Å². The minimum Gasteiger partial charge on any atom is -0.393 e. The molecule has 2 unspecified atom stereocenters. The van der Waals surface area contributed by atoms with E-state index in [9.17, 15) is 5.11 Å². The van der Waals surface area contributed by atoms with Crippen molar-refractivity contribution < 1.29 is 5.11 Å². The molecule has 0 aromatic heterocycles. The van der Waals surface area contributed by atoms with E-state index >= 15 is 0 Å². The average molecular weight is 316 g/mol. The summed E-state index contributed by atoms with van der Waals surface area (Å²) in [7, 11) is 0. The van der Waals surface area contributed by atoms with Crippen molar-refractivity contribution in [2.75, 3.05) is 13.1 Å². The Kier molecular flexibility index (Phi) is 5.14. The van der Waals surface area contributed by atoms with E-state index < -0.39 is 0 Å². The molecule has 2 aromatic carbocycles. The van der Waals surface area contributed by atoms with Gasteiger partial charge in [0.05, 0.1) is 6.10 Å². The molecule has 0 aliphatic carbocycles. The molecule has 1 N–H and O–H groups in total. The van der Waals surface area contributed by atoms with Crippen molar-refractivity contribution in [1.29, 1.82) is 0 Å². The van der Waals surface area contributed by atoms with Crippen molar-refractivity contribution in [1.82, 2.24) is 4.90 Å². The summed E-state index contributed by atoms with van der Waals surface area (Å²) in [6.45, 7) is 2.82. The summed E-state index contributed by atoms with van der Waals surface area (Å²) in [6, 6.07) is 18.5. The Morgan fingerprint density at radius 1 is 1.05 bits per heavy atom. The Morgan fingerprint density at radius 2 is 1.77 bits per heavy atom. The number of rotatable bonds is 4. The van der Waals surface area contributed by atoms with Gasteiger partial charge in [-0.15, -0.1) is 0 Å². The monoisotopic (exact) mass is 315 g/mol. The molecule has 2 atom stereocenters.